The Morgan fingerprint density at radius 2 is 2.00 bits per heavy atom. The van der Waals surface area contributed by atoms with E-state index in [1.807, 2.05) is 36.9 Å². The van der Waals surface area contributed by atoms with E-state index < -0.39 is 0 Å². The van der Waals surface area contributed by atoms with Gasteiger partial charge in [0, 0.05) is 21.3 Å². The van der Waals surface area contributed by atoms with Crippen LogP contribution in [0.2, 0.25) is 0 Å². The summed E-state index contributed by atoms with van der Waals surface area (Å²) in [5.41, 5.74) is 1.84. The molecule has 1 N–H and O–H groups in total. The number of thioether (sulfide) groups is 1. The zero-order chi connectivity index (χ0) is 14.6. The summed E-state index contributed by atoms with van der Waals surface area (Å²) < 4.78 is 1.20. The van der Waals surface area contributed by atoms with Crippen molar-refractivity contribution < 1.29 is 4.79 Å². The normalized spacial score (nSPS) is 17.8. The molecule has 0 saturated heterocycles. The summed E-state index contributed by atoms with van der Waals surface area (Å²) in [7, 11) is 0. The molecule has 20 heavy (non-hydrogen) atoms. The van der Waals surface area contributed by atoms with Crippen molar-refractivity contribution >= 4 is 33.6 Å². The third kappa shape index (κ3) is 4.01. The van der Waals surface area contributed by atoms with E-state index in [2.05, 4.69) is 27.5 Å². The highest BCUT2D eigenvalue weighted by Crippen LogP contribution is 2.38. The minimum atomic E-state index is 0.0356. The largest absolute Gasteiger partial charge is 0.351 e. The van der Waals surface area contributed by atoms with E-state index in [-0.39, 0.29) is 10.7 Å². The van der Waals surface area contributed by atoms with Crippen molar-refractivity contribution in [2.45, 2.75) is 43.8 Å². The zero-order valence-electron chi connectivity index (χ0n) is 12.2. The first-order valence-electron chi connectivity index (χ1n) is 7.15. The van der Waals surface area contributed by atoms with E-state index in [4.69, 9.17) is 0 Å². The summed E-state index contributed by atoms with van der Waals surface area (Å²) in [5.74, 6) is 0.0356. The Hall–Kier alpha value is -0.480. The standard InChI is InChI=1S/C16H22BrNOS/c1-12-8-13(10-14(17)9-12)15(19)18-11-16(20-2)6-4-3-5-7-16/h8-10H,3-7,11H2,1-2H3,(H,18,19). The van der Waals surface area contributed by atoms with Gasteiger partial charge in [-0.25, -0.2) is 0 Å². The van der Waals surface area contributed by atoms with Crippen molar-refractivity contribution in [3.05, 3.63) is 33.8 Å². The number of nitrogens with one attached hydrogen (secondary N) is 1. The van der Waals surface area contributed by atoms with Crippen LogP contribution in [0.3, 0.4) is 0 Å². The maximum absolute atomic E-state index is 12.3. The second kappa shape index (κ2) is 6.99. The minimum absolute atomic E-state index is 0.0356. The molecular weight excluding hydrogens is 334 g/mol. The third-order valence-corrected chi connectivity index (χ3v) is 5.95. The van der Waals surface area contributed by atoms with Crippen LogP contribution in [0.5, 0.6) is 0 Å². The van der Waals surface area contributed by atoms with Gasteiger partial charge in [0.15, 0.2) is 0 Å². The number of rotatable bonds is 4. The number of benzene rings is 1. The van der Waals surface area contributed by atoms with Crippen LogP contribution in [0.15, 0.2) is 22.7 Å². The van der Waals surface area contributed by atoms with Crippen LogP contribution in [-0.2, 0) is 0 Å². The van der Waals surface area contributed by atoms with Gasteiger partial charge in [0.25, 0.3) is 5.91 Å². The fourth-order valence-electron chi connectivity index (χ4n) is 2.86. The van der Waals surface area contributed by atoms with Crippen molar-refractivity contribution in [1.29, 1.82) is 0 Å². The molecule has 2 rings (SSSR count). The summed E-state index contributed by atoms with van der Waals surface area (Å²) in [5, 5.41) is 3.13. The van der Waals surface area contributed by atoms with Gasteiger partial charge in [0.1, 0.15) is 0 Å². The average molecular weight is 356 g/mol. The van der Waals surface area contributed by atoms with E-state index in [1.54, 1.807) is 0 Å². The summed E-state index contributed by atoms with van der Waals surface area (Å²) >= 11 is 5.36. The van der Waals surface area contributed by atoms with Crippen molar-refractivity contribution in [2.75, 3.05) is 12.8 Å². The van der Waals surface area contributed by atoms with E-state index in [0.29, 0.717) is 0 Å². The third-order valence-electron chi connectivity index (χ3n) is 4.07. The predicted molar refractivity (Wildman–Crippen MR) is 90.5 cm³/mol. The highest BCUT2D eigenvalue weighted by Gasteiger charge is 2.31. The molecule has 0 unspecified atom stereocenters. The predicted octanol–water partition coefficient (Wildman–Crippen LogP) is 4.55. The number of hydrogen-bond acceptors (Lipinski definition) is 2. The molecule has 0 aromatic heterocycles. The molecule has 0 aliphatic heterocycles. The maximum Gasteiger partial charge on any atom is 0.251 e. The second-order valence-corrected chi connectivity index (χ2v) is 7.84. The van der Waals surface area contributed by atoms with Gasteiger partial charge in [-0.1, -0.05) is 35.2 Å². The first-order valence-corrected chi connectivity index (χ1v) is 9.17. The van der Waals surface area contributed by atoms with Crippen molar-refractivity contribution in [3.8, 4) is 0 Å². The van der Waals surface area contributed by atoms with Gasteiger partial charge in [-0.2, -0.15) is 11.8 Å². The maximum atomic E-state index is 12.3. The molecule has 0 atom stereocenters. The van der Waals surface area contributed by atoms with Gasteiger partial charge < -0.3 is 5.32 Å². The number of carbonyl (C=O) groups excluding carboxylic acids is 1. The average Bonchev–Trinajstić information content (AvgIpc) is 2.45. The lowest BCUT2D eigenvalue weighted by Gasteiger charge is -2.35. The van der Waals surface area contributed by atoms with Crippen LogP contribution in [0.25, 0.3) is 0 Å². The van der Waals surface area contributed by atoms with Gasteiger partial charge in [0.2, 0.25) is 0 Å². The molecular formula is C16H22BrNOS. The Morgan fingerprint density at radius 3 is 2.60 bits per heavy atom. The van der Waals surface area contributed by atoms with Crippen LogP contribution in [0.4, 0.5) is 0 Å². The van der Waals surface area contributed by atoms with Crippen LogP contribution in [-0.4, -0.2) is 23.5 Å². The fraction of sp³-hybridized carbons (Fsp3) is 0.562. The molecule has 0 bridgehead atoms. The van der Waals surface area contributed by atoms with E-state index in [0.717, 1.165) is 22.1 Å². The summed E-state index contributed by atoms with van der Waals surface area (Å²) in [6, 6.07) is 5.84. The lowest BCUT2D eigenvalue weighted by atomic mass is 9.88. The van der Waals surface area contributed by atoms with Gasteiger partial charge in [-0.3, -0.25) is 4.79 Å². The summed E-state index contributed by atoms with van der Waals surface area (Å²) in [4.78, 5) is 12.3. The van der Waals surface area contributed by atoms with Crippen LogP contribution < -0.4 is 5.32 Å². The second-order valence-electron chi connectivity index (χ2n) is 5.65. The Labute approximate surface area is 134 Å². The molecule has 1 aromatic carbocycles. The fourth-order valence-corrected chi connectivity index (χ4v) is 4.38. The van der Waals surface area contributed by atoms with E-state index >= 15 is 0 Å². The highest BCUT2D eigenvalue weighted by molar-refractivity contribution is 9.10. The minimum Gasteiger partial charge on any atom is -0.351 e. The molecule has 1 aliphatic rings. The number of amides is 1. The summed E-state index contributed by atoms with van der Waals surface area (Å²) in [6.07, 6.45) is 8.50. The van der Waals surface area contributed by atoms with Gasteiger partial charge in [-0.15, -0.1) is 0 Å². The Kier molecular flexibility index (Phi) is 5.56. The lowest BCUT2D eigenvalue weighted by molar-refractivity contribution is 0.0946. The first-order chi connectivity index (χ1) is 9.54. The van der Waals surface area contributed by atoms with Crippen LogP contribution in [0.1, 0.15) is 48.0 Å². The molecule has 110 valence electrons. The number of halogens is 1. The first kappa shape index (κ1) is 15.9. The molecule has 1 amide bonds. The van der Waals surface area contributed by atoms with Gasteiger partial charge >= 0.3 is 0 Å². The van der Waals surface area contributed by atoms with Crippen molar-refractivity contribution in [3.63, 3.8) is 0 Å². The summed E-state index contributed by atoms with van der Waals surface area (Å²) in [6.45, 7) is 2.78. The molecule has 0 spiro atoms. The van der Waals surface area contributed by atoms with Gasteiger partial charge in [-0.05, 0) is 49.8 Å². The van der Waals surface area contributed by atoms with Crippen molar-refractivity contribution in [1.82, 2.24) is 5.32 Å². The molecule has 1 aromatic rings. The molecule has 1 saturated carbocycles. The smallest absolute Gasteiger partial charge is 0.251 e. The van der Waals surface area contributed by atoms with Crippen LogP contribution >= 0.6 is 27.7 Å². The molecule has 0 heterocycles. The monoisotopic (exact) mass is 355 g/mol. The number of carbonyl (C=O) groups is 1. The Bertz CT molecular complexity index is 463. The number of hydrogen-bond donors (Lipinski definition) is 1. The molecule has 0 radical (unpaired) electrons. The van der Waals surface area contributed by atoms with Gasteiger partial charge in [0.05, 0.1) is 0 Å². The molecule has 4 heteroatoms. The molecule has 1 aliphatic carbocycles. The Balaban J connectivity index is 2.00. The zero-order valence-corrected chi connectivity index (χ0v) is 14.6. The van der Waals surface area contributed by atoms with E-state index in [9.17, 15) is 4.79 Å². The highest BCUT2D eigenvalue weighted by atomic mass is 79.9. The Morgan fingerprint density at radius 1 is 1.30 bits per heavy atom. The van der Waals surface area contributed by atoms with Crippen LogP contribution in [0, 0.1) is 6.92 Å². The molecule has 1 fully saturated rings. The van der Waals surface area contributed by atoms with E-state index in [1.165, 1.54) is 32.1 Å². The quantitative estimate of drug-likeness (QED) is 0.857. The van der Waals surface area contributed by atoms with Crippen molar-refractivity contribution in [2.24, 2.45) is 0 Å². The lowest BCUT2D eigenvalue weighted by Crippen LogP contribution is -2.41. The number of aryl methyl sites for hydroxylation is 1. The molecule has 2 nitrogen and oxygen atoms in total. The topological polar surface area (TPSA) is 29.1 Å². The SMILES string of the molecule is CSC1(CNC(=O)c2cc(C)cc(Br)c2)CCCCC1.